The first-order valence-electron chi connectivity index (χ1n) is 14.6. The maximum absolute atomic E-state index is 13.0. The summed E-state index contributed by atoms with van der Waals surface area (Å²) in [5.41, 5.74) is 0. The minimum absolute atomic E-state index is 0.154. The molecule has 0 saturated carbocycles. The van der Waals surface area contributed by atoms with Crippen LogP contribution >= 0.6 is 23.5 Å². The molecule has 0 aromatic rings. The fourth-order valence-electron chi connectivity index (χ4n) is 4.14. The van der Waals surface area contributed by atoms with Gasteiger partial charge in [0.05, 0.1) is 0 Å². The maximum atomic E-state index is 13.0. The molecule has 0 radical (unpaired) electrons. The van der Waals surface area contributed by atoms with E-state index in [0.717, 1.165) is 60.2 Å². The van der Waals surface area contributed by atoms with Crippen molar-refractivity contribution in [1.29, 1.82) is 0 Å². The molecule has 2 atom stereocenters. The van der Waals surface area contributed by atoms with E-state index in [2.05, 4.69) is 41.5 Å². The van der Waals surface area contributed by atoms with E-state index in [4.69, 9.17) is 6.15 Å². The van der Waals surface area contributed by atoms with Gasteiger partial charge in [-0.15, -0.1) is 0 Å². The van der Waals surface area contributed by atoms with E-state index in [1.807, 2.05) is 0 Å². The third kappa shape index (κ3) is 18.4. The Labute approximate surface area is 231 Å². The first-order chi connectivity index (χ1) is 16.9. The van der Waals surface area contributed by atoms with Crippen molar-refractivity contribution in [1.82, 2.24) is 0 Å². The Morgan fingerprint density at radius 3 is 1.29 bits per heavy atom. The van der Waals surface area contributed by atoms with Crippen molar-refractivity contribution in [3.05, 3.63) is 0 Å². The second-order valence-electron chi connectivity index (χ2n) is 9.74. The Hall–Kier alpha value is 0.439. The SMILES string of the molecule is CCCCCC(CC)SCC(=O)[O][Sn]([CH2]CCC)([CH2]CCC)[O]C(=O)CSC(CC)CCCCC. The average Bonchev–Trinajstić information content (AvgIpc) is 2.85. The van der Waals surface area contributed by atoms with Gasteiger partial charge in [-0.1, -0.05) is 0 Å². The third-order valence-corrected chi connectivity index (χ3v) is 19.1. The Bertz CT molecular complexity index is 487. The van der Waals surface area contributed by atoms with Crippen molar-refractivity contribution >= 4 is 54.7 Å². The summed E-state index contributed by atoms with van der Waals surface area (Å²) < 4.78 is 14.1. The molecule has 0 fully saturated rings. The second kappa shape index (κ2) is 23.5. The van der Waals surface area contributed by atoms with Gasteiger partial charge in [0.25, 0.3) is 0 Å². The topological polar surface area (TPSA) is 52.6 Å². The molecule has 0 amide bonds. The summed E-state index contributed by atoms with van der Waals surface area (Å²) in [5.74, 6) is 0.448. The molecule has 0 saturated heterocycles. The molecule has 0 spiro atoms. The number of unbranched alkanes of at least 4 members (excludes halogenated alkanes) is 6. The molecule has 0 N–H and O–H groups in total. The van der Waals surface area contributed by atoms with Gasteiger partial charge in [0.1, 0.15) is 0 Å². The molecule has 0 rings (SSSR count). The van der Waals surface area contributed by atoms with Crippen LogP contribution in [0.25, 0.3) is 0 Å². The van der Waals surface area contributed by atoms with E-state index in [-0.39, 0.29) is 11.9 Å². The summed E-state index contributed by atoms with van der Waals surface area (Å²) >= 11 is -0.381. The Balaban J connectivity index is 5.11. The van der Waals surface area contributed by atoms with Crippen LogP contribution < -0.4 is 0 Å². The van der Waals surface area contributed by atoms with Gasteiger partial charge in [0.15, 0.2) is 0 Å². The van der Waals surface area contributed by atoms with Gasteiger partial charge in [-0.2, -0.15) is 0 Å². The summed E-state index contributed by atoms with van der Waals surface area (Å²) in [6, 6.07) is 0. The van der Waals surface area contributed by atoms with Crippen molar-refractivity contribution in [3.8, 4) is 0 Å². The zero-order valence-corrected chi connectivity index (χ0v) is 28.3. The van der Waals surface area contributed by atoms with Crippen molar-refractivity contribution in [2.75, 3.05) is 11.5 Å². The molecule has 0 aromatic carbocycles. The molecule has 0 aliphatic carbocycles. The predicted octanol–water partition coefficient (Wildman–Crippen LogP) is 9.30. The summed E-state index contributed by atoms with van der Waals surface area (Å²) in [5, 5.41) is 1.00. The van der Waals surface area contributed by atoms with E-state index in [1.54, 1.807) is 23.5 Å². The number of carbonyl (C=O) groups excluding carboxylic acids is 2. The summed E-state index contributed by atoms with van der Waals surface area (Å²) in [6.07, 6.45) is 15.8. The first kappa shape index (κ1) is 35.4. The van der Waals surface area contributed by atoms with Crippen LogP contribution in [-0.2, 0) is 15.7 Å². The molecule has 0 aromatic heterocycles. The van der Waals surface area contributed by atoms with Gasteiger partial charge >= 0.3 is 233 Å². The van der Waals surface area contributed by atoms with Crippen molar-refractivity contribution < 1.29 is 15.7 Å². The Morgan fingerprint density at radius 2 is 0.971 bits per heavy atom. The number of hydrogen-bond donors (Lipinski definition) is 0. The molecule has 0 aliphatic rings. The molecular formula is C28H56O4S2Sn. The van der Waals surface area contributed by atoms with Gasteiger partial charge < -0.3 is 0 Å². The van der Waals surface area contributed by atoms with Crippen molar-refractivity contribution in [2.45, 2.75) is 151 Å². The van der Waals surface area contributed by atoms with E-state index >= 15 is 0 Å². The Kier molecular flexibility index (Phi) is 23.8. The average molecular weight is 640 g/mol. The number of carbonyl (C=O) groups is 2. The van der Waals surface area contributed by atoms with E-state index < -0.39 is 19.2 Å². The third-order valence-electron chi connectivity index (χ3n) is 6.47. The second-order valence-corrected chi connectivity index (χ2v) is 21.5. The van der Waals surface area contributed by atoms with Crippen molar-refractivity contribution in [2.24, 2.45) is 0 Å². The number of hydrogen-bond acceptors (Lipinski definition) is 6. The minimum atomic E-state index is -3.84. The van der Waals surface area contributed by atoms with Crippen LogP contribution in [0.2, 0.25) is 8.87 Å². The zero-order chi connectivity index (χ0) is 26.4. The molecule has 4 nitrogen and oxygen atoms in total. The fraction of sp³-hybridized carbons (Fsp3) is 0.929. The number of thioether (sulfide) groups is 2. The molecule has 0 heterocycles. The van der Waals surface area contributed by atoms with E-state index in [1.165, 1.54) is 38.5 Å². The van der Waals surface area contributed by atoms with Crippen LogP contribution in [0.15, 0.2) is 0 Å². The first-order valence-corrected chi connectivity index (χ1v) is 23.0. The normalized spacial score (nSPS) is 13.4. The van der Waals surface area contributed by atoms with E-state index in [0.29, 0.717) is 22.0 Å². The van der Waals surface area contributed by atoms with Crippen LogP contribution in [0, 0.1) is 0 Å². The zero-order valence-electron chi connectivity index (χ0n) is 23.8. The number of rotatable bonds is 24. The van der Waals surface area contributed by atoms with Crippen LogP contribution in [0.3, 0.4) is 0 Å². The van der Waals surface area contributed by atoms with Crippen LogP contribution in [0.5, 0.6) is 0 Å². The monoisotopic (exact) mass is 640 g/mol. The van der Waals surface area contributed by atoms with Crippen LogP contribution in [0.1, 0.15) is 131 Å². The summed E-state index contributed by atoms with van der Waals surface area (Å²) in [4.78, 5) is 26.0. The van der Waals surface area contributed by atoms with Gasteiger partial charge in [-0.25, -0.2) is 0 Å². The predicted molar refractivity (Wildman–Crippen MR) is 159 cm³/mol. The summed E-state index contributed by atoms with van der Waals surface area (Å²) in [7, 11) is 0. The van der Waals surface area contributed by atoms with E-state index in [9.17, 15) is 9.59 Å². The van der Waals surface area contributed by atoms with Gasteiger partial charge in [-0.05, 0) is 0 Å². The standard InChI is InChI=1S/2C10H20O2S.2C4H9.Sn/c2*1-3-5-6-7-9(4-2)13-8-10(11)12;2*1-3-4-2;/h2*9H,3-8H2,1-2H3,(H,11,12);2*1,3-4H2,2H3;/q;;;;+2/p-2. The molecule has 208 valence electrons. The molecular weight excluding hydrogens is 583 g/mol. The van der Waals surface area contributed by atoms with Gasteiger partial charge in [0.2, 0.25) is 0 Å². The molecule has 0 bridgehead atoms. The van der Waals surface area contributed by atoms with Gasteiger partial charge in [-0.3, -0.25) is 0 Å². The molecule has 0 aliphatic heterocycles. The van der Waals surface area contributed by atoms with Gasteiger partial charge in [0, 0.05) is 0 Å². The van der Waals surface area contributed by atoms with Crippen molar-refractivity contribution in [3.63, 3.8) is 0 Å². The van der Waals surface area contributed by atoms with Crippen LogP contribution in [-0.4, -0.2) is 53.1 Å². The fourth-order valence-corrected chi connectivity index (χ4v) is 16.6. The molecule has 2 unspecified atom stereocenters. The van der Waals surface area contributed by atoms with Crippen LogP contribution in [0.4, 0.5) is 0 Å². The summed E-state index contributed by atoms with van der Waals surface area (Å²) in [6.45, 7) is 13.1. The quantitative estimate of drug-likeness (QED) is 0.0775. The molecule has 7 heteroatoms. The molecule has 35 heavy (non-hydrogen) atoms. The Morgan fingerprint density at radius 1 is 0.600 bits per heavy atom.